The third kappa shape index (κ3) is 16.9. The Hall–Kier alpha value is -3.06. The molecule has 6 saturated heterocycles. The maximum absolute atomic E-state index is 13.3. The molecule has 6 fully saturated rings. The molecule has 0 spiro atoms. The predicted octanol–water partition coefficient (Wildman–Crippen LogP) is -7.27. The molecule has 0 aromatic carbocycles. The molecule has 0 aliphatic carbocycles. The molecule has 34 heteroatoms. The van der Waals surface area contributed by atoms with Crippen LogP contribution in [0.2, 0.25) is 0 Å². The summed E-state index contributed by atoms with van der Waals surface area (Å²) in [6, 6.07) is 0. The molecule has 472 valence electrons. The highest BCUT2D eigenvalue weighted by Gasteiger charge is 2.56. The Labute approximate surface area is 467 Å². The first-order chi connectivity index (χ1) is 39.4. The van der Waals surface area contributed by atoms with Gasteiger partial charge < -0.3 is 134 Å². The maximum Gasteiger partial charge on any atom is 0.221 e. The second-order valence-electron chi connectivity index (χ2n) is 20.6. The highest BCUT2D eigenvalue weighted by Crippen LogP contribution is 2.37. The molecule has 25 atom stereocenters. The van der Waals surface area contributed by atoms with Crippen molar-refractivity contribution in [2.24, 2.45) is 0 Å². The third-order valence-corrected chi connectivity index (χ3v) is 14.7. The first kappa shape index (κ1) is 66.5. The normalized spacial score (nSPS) is 39.6. The molecular formula is C48H79F2N5O27. The van der Waals surface area contributed by atoms with Crippen molar-refractivity contribution in [2.75, 3.05) is 59.5 Å². The number of nitrogens with zero attached hydrogens (tertiary/aromatic N) is 3. The van der Waals surface area contributed by atoms with Crippen LogP contribution >= 0.6 is 0 Å². The van der Waals surface area contributed by atoms with Gasteiger partial charge in [0.05, 0.1) is 52.4 Å². The van der Waals surface area contributed by atoms with Gasteiger partial charge in [-0.15, -0.1) is 5.10 Å². The molecule has 7 heterocycles. The number of unbranched alkanes of at least 4 members (excludes halogenated alkanes) is 5. The summed E-state index contributed by atoms with van der Waals surface area (Å²) in [6.07, 6.45) is -32.4. The van der Waals surface area contributed by atoms with Gasteiger partial charge in [0.2, 0.25) is 18.1 Å². The minimum Gasteiger partial charge on any atom is -0.394 e. The van der Waals surface area contributed by atoms with Crippen LogP contribution in [-0.4, -0.2) is 300 Å². The summed E-state index contributed by atoms with van der Waals surface area (Å²) in [5, 5.41) is 149. The van der Waals surface area contributed by atoms with Crippen LogP contribution in [0.25, 0.3) is 0 Å². The number of hydrogen-bond acceptors (Lipinski definition) is 29. The lowest BCUT2D eigenvalue weighted by Crippen LogP contribution is -2.48. The van der Waals surface area contributed by atoms with Crippen LogP contribution in [0.5, 0.6) is 0 Å². The van der Waals surface area contributed by atoms with Crippen LogP contribution in [-0.2, 0) is 73.0 Å². The van der Waals surface area contributed by atoms with Crippen LogP contribution < -0.4 is 10.6 Å². The van der Waals surface area contributed by atoms with E-state index >= 15 is 0 Å². The zero-order chi connectivity index (χ0) is 59.2. The molecule has 1 unspecified atom stereocenters. The summed E-state index contributed by atoms with van der Waals surface area (Å²) in [4.78, 5) is 24.3. The second-order valence-corrected chi connectivity index (χ2v) is 20.6. The van der Waals surface area contributed by atoms with Crippen LogP contribution in [0.4, 0.5) is 8.78 Å². The summed E-state index contributed by atoms with van der Waals surface area (Å²) >= 11 is 0. The highest BCUT2D eigenvalue weighted by atomic mass is 19.2. The molecule has 6 aliphatic heterocycles. The minimum atomic E-state index is -1.95. The minimum absolute atomic E-state index is 0.0176. The number of ether oxygens (including phenoxy) is 12. The number of carbonyl (C=O) groups excluding carboxylic acids is 2. The summed E-state index contributed by atoms with van der Waals surface area (Å²) in [5.74, 6) is -0.529. The molecule has 7 rings (SSSR count). The fourth-order valence-electron chi connectivity index (χ4n) is 9.91. The highest BCUT2D eigenvalue weighted by molar-refractivity contribution is 5.78. The Bertz CT molecular complexity index is 2070. The van der Waals surface area contributed by atoms with Gasteiger partial charge in [-0.25, -0.2) is 13.5 Å². The van der Waals surface area contributed by atoms with Gasteiger partial charge in [-0.1, -0.05) is 30.9 Å². The van der Waals surface area contributed by atoms with Gasteiger partial charge in [0.1, 0.15) is 122 Å². The first-order valence-corrected chi connectivity index (χ1v) is 27.4. The van der Waals surface area contributed by atoms with E-state index in [4.69, 9.17) is 56.8 Å². The lowest BCUT2D eigenvalue weighted by Gasteiger charge is -2.30. The van der Waals surface area contributed by atoms with Gasteiger partial charge in [-0.3, -0.25) is 9.59 Å². The molecule has 6 aliphatic rings. The molecule has 0 saturated carbocycles. The van der Waals surface area contributed by atoms with Crippen LogP contribution in [0, 0.1) is 0 Å². The molecule has 2 amide bonds. The molecular weight excluding hydrogens is 1120 g/mol. The average Bonchev–Trinajstić information content (AvgIpc) is 4.53. The lowest BCUT2D eigenvalue weighted by molar-refractivity contribution is -0.270. The van der Waals surface area contributed by atoms with E-state index in [2.05, 4.69) is 20.9 Å². The van der Waals surface area contributed by atoms with E-state index in [1.54, 1.807) is 0 Å². The van der Waals surface area contributed by atoms with Crippen molar-refractivity contribution in [3.8, 4) is 0 Å². The number of alkyl halides is 2. The van der Waals surface area contributed by atoms with E-state index in [-0.39, 0.29) is 43.5 Å². The van der Waals surface area contributed by atoms with E-state index in [1.165, 1.54) is 6.20 Å². The predicted molar refractivity (Wildman–Crippen MR) is 259 cm³/mol. The lowest BCUT2D eigenvalue weighted by atomic mass is 10.1. The molecule has 32 nitrogen and oxygen atoms in total. The monoisotopic (exact) mass is 1200 g/mol. The van der Waals surface area contributed by atoms with Gasteiger partial charge in [-0.05, 0) is 19.3 Å². The van der Waals surface area contributed by atoms with E-state index in [0.717, 1.165) is 36.8 Å². The molecule has 0 radical (unpaired) electrons. The zero-order valence-corrected chi connectivity index (χ0v) is 44.6. The van der Waals surface area contributed by atoms with E-state index in [9.17, 15) is 84.8 Å². The molecule has 82 heavy (non-hydrogen) atoms. The SMILES string of the molecule is O=C(CCCC(=O)NCc1cn(C(F)CF)nn1)NCCCCCCCCO[C@H]1O[C@H](CO[C@H]2O[C@H](CO[C@H]3O[C@H](CO)[C@@H](O)[C@@H]3O[C@@H]3O[C@H](CO)[C@@H](O)[C@@H]3O)[C@@H](O[C@H]3O[C@H](CO)[C@@H](O)[C@@H]3O[C@@H]3O[C@H](CO)[C@@H](O)[C@@H]3O)[C@@H]2O)[C@@H](O)[C@@H]1O. The van der Waals surface area contributed by atoms with Gasteiger partial charge in [-0.2, -0.15) is 0 Å². The van der Waals surface area contributed by atoms with Gasteiger partial charge >= 0.3 is 0 Å². The van der Waals surface area contributed by atoms with Crippen molar-refractivity contribution in [1.29, 1.82) is 0 Å². The summed E-state index contributed by atoms with van der Waals surface area (Å²) in [6.45, 7) is -4.73. The van der Waals surface area contributed by atoms with Crippen molar-refractivity contribution in [2.45, 2.75) is 218 Å². The smallest absolute Gasteiger partial charge is 0.221 e. The summed E-state index contributed by atoms with van der Waals surface area (Å²) in [5.41, 5.74) is 0.260. The largest absolute Gasteiger partial charge is 0.394 e. The van der Waals surface area contributed by atoms with E-state index in [1.807, 2.05) is 0 Å². The summed E-state index contributed by atoms with van der Waals surface area (Å²) < 4.78 is 95.9. The zero-order valence-electron chi connectivity index (χ0n) is 44.6. The molecule has 1 aromatic heterocycles. The van der Waals surface area contributed by atoms with Crippen molar-refractivity contribution >= 4 is 11.8 Å². The number of rotatable bonds is 34. The van der Waals surface area contributed by atoms with Crippen molar-refractivity contribution in [3.05, 3.63) is 11.9 Å². The Morgan fingerprint density at radius 2 is 0.963 bits per heavy atom. The number of amides is 2. The van der Waals surface area contributed by atoms with E-state index in [0.29, 0.717) is 19.4 Å². The molecule has 0 bridgehead atoms. The van der Waals surface area contributed by atoms with Crippen LogP contribution in [0.3, 0.4) is 0 Å². The molecule has 1 aromatic rings. The topological polar surface area (TPSA) is 463 Å². The van der Waals surface area contributed by atoms with Gasteiger partial charge in [0.25, 0.3) is 0 Å². The fourth-order valence-corrected chi connectivity index (χ4v) is 9.91. The number of aliphatic hydroxyl groups is 13. The van der Waals surface area contributed by atoms with Crippen LogP contribution in [0.1, 0.15) is 69.8 Å². The number of carbonyl (C=O) groups is 2. The number of nitrogens with one attached hydrogen (secondary N) is 2. The van der Waals surface area contributed by atoms with Crippen LogP contribution in [0.15, 0.2) is 6.20 Å². The quantitative estimate of drug-likeness (QED) is 0.0285. The van der Waals surface area contributed by atoms with Crippen molar-refractivity contribution in [1.82, 2.24) is 25.6 Å². The summed E-state index contributed by atoms with van der Waals surface area (Å²) in [7, 11) is 0. The Balaban J connectivity index is 0.853. The number of aliphatic hydroxyl groups excluding tert-OH is 13. The average molecular weight is 1200 g/mol. The van der Waals surface area contributed by atoms with Crippen molar-refractivity contribution < 1.29 is 142 Å². The third-order valence-electron chi connectivity index (χ3n) is 14.7. The first-order valence-electron chi connectivity index (χ1n) is 27.4. The molecule has 15 N–H and O–H groups in total. The van der Waals surface area contributed by atoms with E-state index < -0.39 is 200 Å². The van der Waals surface area contributed by atoms with Gasteiger partial charge in [0, 0.05) is 26.0 Å². The number of halogens is 2. The van der Waals surface area contributed by atoms with Gasteiger partial charge in [0.15, 0.2) is 37.7 Å². The Morgan fingerprint density at radius 3 is 1.56 bits per heavy atom. The Kier molecular flexibility index (Phi) is 26.0. The fraction of sp³-hybridized carbons (Fsp3) is 0.917. The second kappa shape index (κ2) is 32.1. The number of hydrogen-bond donors (Lipinski definition) is 15. The standard InChI is InChI=1S/C48H79F2N5O27/c49-12-28(50)55-14-21(53-54-55)13-52-30(61)9-7-8-29(60)51-10-5-3-1-2-4-6-11-71-43-36(67)33(64)26(78-43)19-72-44-39(70)40(80-48-42(35(66)25(18-59)77-48)82-46-38(69)32(63)23(16-57)75-46)27(79-44)20-73-47-41(34(65)24(17-58)76-47)81-45-37(68)31(62)22(15-56)74-45/h14,22-28,31-48,56-59,62-70H,1-13,15-20H2,(H,51,60)(H,52,61)/t22-,23-,24-,25-,26-,27-,28?,31-,32-,33-,34-,35-,36+,37+,38+,39+,40-,41+,42+,43+,44+,45+,46+,47+,48-/m1/s1. The Morgan fingerprint density at radius 1 is 0.512 bits per heavy atom. The maximum atomic E-state index is 13.3. The number of aromatic nitrogens is 3. The van der Waals surface area contributed by atoms with Crippen molar-refractivity contribution in [3.63, 3.8) is 0 Å².